The predicted octanol–water partition coefficient (Wildman–Crippen LogP) is 20.3. The third kappa shape index (κ3) is 9.16. The van der Waals surface area contributed by atoms with Gasteiger partial charge in [0.05, 0.1) is 28.1 Å². The second-order valence-corrected chi connectivity index (χ2v) is 26.2. The van der Waals surface area contributed by atoms with E-state index in [0.717, 1.165) is 118 Å². The molecule has 11 aromatic carbocycles. The Balaban J connectivity index is 1.11. The highest BCUT2D eigenvalue weighted by Gasteiger charge is 2.46. The van der Waals surface area contributed by atoms with Crippen molar-refractivity contribution in [2.24, 2.45) is 0 Å². The van der Waals surface area contributed by atoms with Crippen LogP contribution >= 0.6 is 0 Å². The van der Waals surface area contributed by atoms with E-state index in [4.69, 9.17) is 9.97 Å². The highest BCUT2D eigenvalue weighted by atomic mass is 15.2. The number of hydrogen-bond acceptors (Lipinski definition) is 4. The molecule has 2 aliphatic rings. The second kappa shape index (κ2) is 21.5. The molecule has 0 N–H and O–H groups in total. The summed E-state index contributed by atoms with van der Waals surface area (Å²) >= 11 is 0. The summed E-state index contributed by atoms with van der Waals surface area (Å²) in [5.74, 6) is 0. The van der Waals surface area contributed by atoms with Gasteiger partial charge in [-0.3, -0.25) is 9.97 Å². The molecule has 16 rings (SSSR count). The Morgan fingerprint density at radius 3 is 1.02 bits per heavy atom. The monoisotopic (exact) mass is 1160 g/mol. The Labute approximate surface area is 528 Å². The molecule has 2 aliphatic heterocycles. The second-order valence-electron chi connectivity index (χ2n) is 26.2. The predicted molar refractivity (Wildman–Crippen MR) is 380 cm³/mol. The van der Waals surface area contributed by atoms with Crippen molar-refractivity contribution < 1.29 is 0 Å². The van der Waals surface area contributed by atoms with E-state index < -0.39 is 0 Å². The number of benzene rings is 11. The number of aromatic nitrogens is 3. The van der Waals surface area contributed by atoms with Crippen molar-refractivity contribution in [2.45, 2.75) is 52.4 Å². The van der Waals surface area contributed by atoms with Gasteiger partial charge in [0, 0.05) is 91.7 Å². The Bertz CT molecular complexity index is 4670. The van der Waals surface area contributed by atoms with Crippen molar-refractivity contribution in [1.82, 2.24) is 14.5 Å². The summed E-state index contributed by atoms with van der Waals surface area (Å²) < 4.78 is 2.51. The first-order chi connectivity index (χ1) is 43.9. The summed E-state index contributed by atoms with van der Waals surface area (Å²) in [7, 11) is 0. The molecule has 0 bridgehead atoms. The number of nitrogens with zero attached hydrogens (tertiary/aromatic N) is 5. The molecular formula is C84H66BN5. The molecular weight excluding hydrogens is 1090 g/mol. The molecule has 5 nitrogen and oxygen atoms in total. The van der Waals surface area contributed by atoms with E-state index in [0.29, 0.717) is 0 Å². The lowest BCUT2D eigenvalue weighted by Gasteiger charge is -2.46. The minimum absolute atomic E-state index is 0.110. The van der Waals surface area contributed by atoms with Crippen LogP contribution in [0.5, 0.6) is 0 Å². The highest BCUT2D eigenvalue weighted by molar-refractivity contribution is 7.00. The summed E-state index contributed by atoms with van der Waals surface area (Å²) in [6.07, 6.45) is 8.15. The standard InChI is InChI=1S/C84H66BN5/c1-83(2,3)63-45-61(51-86-53-63)59-41-43-76-72(47-59)85-73-48-60(62-46-64(54-87-52-62)84(4,5)6)42-44-77(73)90(82-68(57-29-15-9-16-30-57)37-24-38-69(82)58-31-17-10-18-32-58)79-50-65(88-74-39-21-19-33-70(74)71-34-20-22-40-75(71)88)49-78(80(79)85)89(76)81-66(55-25-11-7-12-26-55)35-23-36-67(81)56-27-13-8-14-28-56/h7-54H,1-6H3. The van der Waals surface area contributed by atoms with Gasteiger partial charge in [0.1, 0.15) is 0 Å². The summed E-state index contributed by atoms with van der Waals surface area (Å²) in [5, 5.41) is 2.41. The maximum absolute atomic E-state index is 4.96. The summed E-state index contributed by atoms with van der Waals surface area (Å²) in [4.78, 5) is 15.2. The van der Waals surface area contributed by atoms with Crippen LogP contribution in [0.1, 0.15) is 52.7 Å². The van der Waals surface area contributed by atoms with Gasteiger partial charge in [-0.25, -0.2) is 0 Å². The quantitative estimate of drug-likeness (QED) is 0.135. The lowest BCUT2D eigenvalue weighted by atomic mass is 9.33. The van der Waals surface area contributed by atoms with Gasteiger partial charge < -0.3 is 14.4 Å². The molecule has 0 unspecified atom stereocenters. The lowest BCUT2D eigenvalue weighted by molar-refractivity contribution is 0.587. The molecule has 5 heterocycles. The first kappa shape index (κ1) is 54.6. The number of rotatable bonds is 9. The zero-order valence-electron chi connectivity index (χ0n) is 51.5. The number of hydrogen-bond donors (Lipinski definition) is 0. The molecule has 0 aliphatic carbocycles. The van der Waals surface area contributed by atoms with Crippen LogP contribution in [0.3, 0.4) is 0 Å². The Morgan fingerprint density at radius 2 is 0.656 bits per heavy atom. The van der Waals surface area contributed by atoms with E-state index in [1.807, 2.05) is 24.8 Å². The lowest BCUT2D eigenvalue weighted by Crippen LogP contribution is -2.61. The smallest absolute Gasteiger partial charge is 0.252 e. The molecule has 0 atom stereocenters. The van der Waals surface area contributed by atoms with Crippen molar-refractivity contribution in [3.63, 3.8) is 0 Å². The third-order valence-corrected chi connectivity index (χ3v) is 18.6. The van der Waals surface area contributed by atoms with Crippen molar-refractivity contribution >= 4 is 79.0 Å². The van der Waals surface area contributed by atoms with Crippen molar-refractivity contribution in [3.05, 3.63) is 303 Å². The number of fused-ring (bicyclic) bond motifs is 7. The molecule has 0 amide bonds. The average molecular weight is 1160 g/mol. The maximum atomic E-state index is 4.96. The van der Waals surface area contributed by atoms with Crippen LogP contribution in [0.4, 0.5) is 34.1 Å². The van der Waals surface area contributed by atoms with Gasteiger partial charge in [0.2, 0.25) is 0 Å². The minimum atomic E-state index is -0.273. The molecule has 0 radical (unpaired) electrons. The highest BCUT2D eigenvalue weighted by Crippen LogP contribution is 2.54. The summed E-state index contributed by atoms with van der Waals surface area (Å²) in [5.41, 5.74) is 29.2. The van der Waals surface area contributed by atoms with Crippen molar-refractivity contribution in [2.75, 3.05) is 9.80 Å². The summed E-state index contributed by atoms with van der Waals surface area (Å²) in [6.45, 7) is 13.4. The Hall–Kier alpha value is -10.8. The molecule has 430 valence electrons. The van der Waals surface area contributed by atoms with E-state index in [1.54, 1.807) is 0 Å². The zero-order chi connectivity index (χ0) is 60.8. The van der Waals surface area contributed by atoms with Crippen LogP contribution in [0.25, 0.3) is 94.3 Å². The topological polar surface area (TPSA) is 37.2 Å². The van der Waals surface area contributed by atoms with Crippen LogP contribution in [-0.4, -0.2) is 21.2 Å². The minimum Gasteiger partial charge on any atom is -0.310 e. The van der Waals surface area contributed by atoms with E-state index in [-0.39, 0.29) is 17.5 Å². The molecule has 0 saturated carbocycles. The molecule has 0 fully saturated rings. The average Bonchev–Trinajstić information content (AvgIpc) is 0.717. The van der Waals surface area contributed by atoms with Gasteiger partial charge in [0.15, 0.2) is 0 Å². The van der Waals surface area contributed by atoms with E-state index >= 15 is 0 Å². The van der Waals surface area contributed by atoms with Gasteiger partial charge >= 0.3 is 0 Å². The third-order valence-electron chi connectivity index (χ3n) is 18.6. The Kier molecular flexibility index (Phi) is 13.0. The number of para-hydroxylation sites is 4. The van der Waals surface area contributed by atoms with Crippen molar-refractivity contribution in [1.29, 1.82) is 0 Å². The fourth-order valence-electron chi connectivity index (χ4n) is 14.1. The van der Waals surface area contributed by atoms with Crippen LogP contribution in [0.2, 0.25) is 0 Å². The van der Waals surface area contributed by atoms with Gasteiger partial charge in [-0.2, -0.15) is 0 Å². The van der Waals surface area contributed by atoms with Crippen LogP contribution < -0.4 is 26.2 Å². The van der Waals surface area contributed by atoms with E-state index in [9.17, 15) is 0 Å². The normalized spacial score (nSPS) is 12.7. The molecule has 3 aromatic heterocycles. The maximum Gasteiger partial charge on any atom is 0.252 e. The molecule has 0 saturated heterocycles. The van der Waals surface area contributed by atoms with Gasteiger partial charge in [-0.15, -0.1) is 0 Å². The number of pyridine rings is 2. The first-order valence-corrected chi connectivity index (χ1v) is 31.4. The fourth-order valence-corrected chi connectivity index (χ4v) is 14.1. The van der Waals surface area contributed by atoms with Gasteiger partial charge in [-0.1, -0.05) is 260 Å². The van der Waals surface area contributed by atoms with Crippen LogP contribution in [0.15, 0.2) is 292 Å². The SMILES string of the molecule is CC(C)(C)c1cncc(-c2ccc3c(c2)B2c4cc(-c5cncc(C(C)(C)C)c5)ccc4N(c4c(-c5ccccc5)cccc4-c4ccccc4)c4cc(-n5c6ccccc6c6ccccc65)cc(c42)N3c2c(-c3ccccc3)cccc2-c2ccccc2)c1. The molecule has 14 aromatic rings. The van der Waals surface area contributed by atoms with Crippen LogP contribution in [-0.2, 0) is 10.8 Å². The van der Waals surface area contributed by atoms with Crippen molar-refractivity contribution in [3.8, 4) is 72.4 Å². The zero-order valence-corrected chi connectivity index (χ0v) is 51.5. The van der Waals surface area contributed by atoms with E-state index in [1.165, 1.54) is 38.3 Å². The molecule has 90 heavy (non-hydrogen) atoms. The van der Waals surface area contributed by atoms with Gasteiger partial charge in [0.25, 0.3) is 6.71 Å². The fraction of sp³-hybridized carbons (Fsp3) is 0.0952. The largest absolute Gasteiger partial charge is 0.310 e. The Morgan fingerprint density at radius 1 is 0.300 bits per heavy atom. The summed E-state index contributed by atoms with van der Waals surface area (Å²) in [6, 6.07) is 99.7. The molecule has 6 heteroatoms. The first-order valence-electron chi connectivity index (χ1n) is 31.4. The molecule has 0 spiro atoms. The number of anilines is 6. The van der Waals surface area contributed by atoms with Gasteiger partial charge in [-0.05, 0) is 120 Å². The van der Waals surface area contributed by atoms with Crippen LogP contribution in [0, 0.1) is 0 Å². The van der Waals surface area contributed by atoms with E-state index in [2.05, 4.69) is 323 Å².